The van der Waals surface area contributed by atoms with Crippen LogP contribution in [0.5, 0.6) is 0 Å². The summed E-state index contributed by atoms with van der Waals surface area (Å²) in [4.78, 5) is 25.6. The monoisotopic (exact) mass is 323 g/mol. The fourth-order valence-corrected chi connectivity index (χ4v) is 3.10. The SMILES string of the molecule is CCCN(CC(=O)O)C(=O)C1(c2ccc(F)cc2)CCOCC1. The summed E-state index contributed by atoms with van der Waals surface area (Å²) >= 11 is 0. The van der Waals surface area contributed by atoms with Gasteiger partial charge >= 0.3 is 5.97 Å². The summed E-state index contributed by atoms with van der Waals surface area (Å²) in [5, 5.41) is 9.08. The fraction of sp³-hybridized carbons (Fsp3) is 0.529. The summed E-state index contributed by atoms with van der Waals surface area (Å²) < 4.78 is 18.6. The maximum Gasteiger partial charge on any atom is 0.323 e. The number of rotatable bonds is 6. The second kappa shape index (κ2) is 7.55. The Bertz CT molecular complexity index is 552. The molecule has 0 bridgehead atoms. The van der Waals surface area contributed by atoms with Crippen molar-refractivity contribution < 1.29 is 23.8 Å². The number of amides is 1. The molecule has 0 spiro atoms. The quantitative estimate of drug-likeness (QED) is 0.871. The second-order valence-electron chi connectivity index (χ2n) is 5.82. The van der Waals surface area contributed by atoms with Gasteiger partial charge in [-0.1, -0.05) is 19.1 Å². The van der Waals surface area contributed by atoms with Gasteiger partial charge < -0.3 is 14.7 Å². The highest BCUT2D eigenvalue weighted by Crippen LogP contribution is 2.37. The van der Waals surface area contributed by atoms with E-state index in [1.165, 1.54) is 17.0 Å². The Morgan fingerprint density at radius 3 is 2.39 bits per heavy atom. The molecule has 5 nitrogen and oxygen atoms in total. The minimum absolute atomic E-state index is 0.211. The zero-order chi connectivity index (χ0) is 16.9. The lowest BCUT2D eigenvalue weighted by Crippen LogP contribution is -2.51. The van der Waals surface area contributed by atoms with Gasteiger partial charge in [-0.15, -0.1) is 0 Å². The van der Waals surface area contributed by atoms with Gasteiger partial charge in [0.1, 0.15) is 12.4 Å². The topological polar surface area (TPSA) is 66.8 Å². The van der Waals surface area contributed by atoms with E-state index >= 15 is 0 Å². The molecule has 1 heterocycles. The number of ether oxygens (including phenoxy) is 1. The molecular formula is C17H22FNO4. The summed E-state index contributed by atoms with van der Waals surface area (Å²) in [6.07, 6.45) is 1.61. The van der Waals surface area contributed by atoms with Gasteiger partial charge in [0.15, 0.2) is 0 Å². The third-order valence-corrected chi connectivity index (χ3v) is 4.26. The average molecular weight is 323 g/mol. The molecule has 1 fully saturated rings. The number of benzene rings is 1. The Morgan fingerprint density at radius 1 is 1.26 bits per heavy atom. The van der Waals surface area contributed by atoms with Crippen molar-refractivity contribution in [3.8, 4) is 0 Å². The minimum atomic E-state index is -1.03. The van der Waals surface area contributed by atoms with Gasteiger partial charge in [-0.3, -0.25) is 9.59 Å². The number of aliphatic carboxylic acids is 1. The number of hydrogen-bond donors (Lipinski definition) is 1. The number of nitrogens with zero attached hydrogens (tertiary/aromatic N) is 1. The molecule has 0 aromatic heterocycles. The van der Waals surface area contributed by atoms with Crippen LogP contribution in [0.1, 0.15) is 31.7 Å². The molecule has 0 aliphatic carbocycles. The number of hydrogen-bond acceptors (Lipinski definition) is 3. The highest BCUT2D eigenvalue weighted by molar-refractivity contribution is 5.90. The molecule has 6 heteroatoms. The number of carboxylic acid groups (broad SMARTS) is 1. The lowest BCUT2D eigenvalue weighted by molar-refractivity contribution is -0.149. The Morgan fingerprint density at radius 2 is 1.87 bits per heavy atom. The van der Waals surface area contributed by atoms with Crippen molar-refractivity contribution in [2.24, 2.45) is 0 Å². The molecule has 0 radical (unpaired) electrons. The van der Waals surface area contributed by atoms with Crippen LogP contribution in [0.25, 0.3) is 0 Å². The van der Waals surface area contributed by atoms with Gasteiger partial charge in [0, 0.05) is 19.8 Å². The van der Waals surface area contributed by atoms with Crippen molar-refractivity contribution in [3.05, 3.63) is 35.6 Å². The van der Waals surface area contributed by atoms with Gasteiger partial charge in [0.2, 0.25) is 5.91 Å². The molecule has 0 unspecified atom stereocenters. The third kappa shape index (κ3) is 3.88. The average Bonchev–Trinajstić information content (AvgIpc) is 2.54. The first-order chi connectivity index (χ1) is 11.0. The van der Waals surface area contributed by atoms with Crippen LogP contribution in [0.4, 0.5) is 4.39 Å². The molecule has 0 saturated carbocycles. The molecule has 1 saturated heterocycles. The number of carbonyl (C=O) groups excluding carboxylic acids is 1. The lowest BCUT2D eigenvalue weighted by atomic mass is 9.73. The maximum atomic E-state index is 13.2. The van der Waals surface area contributed by atoms with Gasteiger partial charge in [-0.25, -0.2) is 4.39 Å². The Kier molecular flexibility index (Phi) is 5.71. The van der Waals surface area contributed by atoms with E-state index in [1.54, 1.807) is 12.1 Å². The van der Waals surface area contributed by atoms with Crippen LogP contribution in [0.2, 0.25) is 0 Å². The first-order valence-corrected chi connectivity index (χ1v) is 7.84. The van der Waals surface area contributed by atoms with Crippen molar-refractivity contribution in [1.82, 2.24) is 4.90 Å². The Balaban J connectivity index is 2.37. The molecule has 1 aliphatic rings. The molecule has 2 rings (SSSR count). The van der Waals surface area contributed by atoms with Crippen molar-refractivity contribution >= 4 is 11.9 Å². The molecule has 1 N–H and O–H groups in total. The number of carbonyl (C=O) groups is 2. The number of carboxylic acids is 1. The van der Waals surface area contributed by atoms with Crippen LogP contribution < -0.4 is 0 Å². The van der Waals surface area contributed by atoms with Crippen LogP contribution in [-0.4, -0.2) is 48.2 Å². The summed E-state index contributed by atoms with van der Waals surface area (Å²) in [7, 11) is 0. The van der Waals surface area contributed by atoms with Crippen molar-refractivity contribution in [1.29, 1.82) is 0 Å². The molecule has 1 amide bonds. The van der Waals surface area contributed by atoms with E-state index in [0.717, 1.165) is 5.56 Å². The third-order valence-electron chi connectivity index (χ3n) is 4.26. The Labute approximate surface area is 135 Å². The smallest absolute Gasteiger partial charge is 0.323 e. The minimum Gasteiger partial charge on any atom is -0.480 e. The molecule has 1 aromatic rings. The van der Waals surface area contributed by atoms with Crippen LogP contribution >= 0.6 is 0 Å². The molecule has 0 atom stereocenters. The van der Waals surface area contributed by atoms with E-state index in [1.807, 2.05) is 6.92 Å². The van der Waals surface area contributed by atoms with E-state index in [0.29, 0.717) is 39.0 Å². The normalized spacial score (nSPS) is 16.8. The highest BCUT2D eigenvalue weighted by atomic mass is 19.1. The summed E-state index contributed by atoms with van der Waals surface area (Å²) in [6, 6.07) is 5.90. The van der Waals surface area contributed by atoms with E-state index in [-0.39, 0.29) is 18.3 Å². The molecular weight excluding hydrogens is 301 g/mol. The van der Waals surface area contributed by atoms with Gasteiger partial charge in [0.25, 0.3) is 0 Å². The number of halogens is 1. The predicted molar refractivity (Wildman–Crippen MR) is 82.6 cm³/mol. The van der Waals surface area contributed by atoms with Gasteiger partial charge in [0.05, 0.1) is 5.41 Å². The lowest BCUT2D eigenvalue weighted by Gasteiger charge is -2.39. The van der Waals surface area contributed by atoms with E-state index in [2.05, 4.69) is 0 Å². The fourth-order valence-electron chi connectivity index (χ4n) is 3.10. The van der Waals surface area contributed by atoms with Crippen LogP contribution in [0.15, 0.2) is 24.3 Å². The summed E-state index contributed by atoms with van der Waals surface area (Å²) in [5.41, 5.74) is -0.116. The van der Waals surface area contributed by atoms with Crippen molar-refractivity contribution in [2.75, 3.05) is 26.3 Å². The predicted octanol–water partition coefficient (Wildman–Crippen LogP) is 2.20. The van der Waals surface area contributed by atoms with E-state index in [9.17, 15) is 14.0 Å². The summed E-state index contributed by atoms with van der Waals surface area (Å²) in [5.74, 6) is -1.61. The van der Waals surface area contributed by atoms with Crippen LogP contribution in [-0.2, 0) is 19.7 Å². The van der Waals surface area contributed by atoms with Crippen LogP contribution in [0.3, 0.4) is 0 Å². The van der Waals surface area contributed by atoms with E-state index < -0.39 is 11.4 Å². The van der Waals surface area contributed by atoms with Crippen molar-refractivity contribution in [3.63, 3.8) is 0 Å². The van der Waals surface area contributed by atoms with Gasteiger partial charge in [-0.05, 0) is 37.0 Å². The zero-order valence-electron chi connectivity index (χ0n) is 13.3. The molecule has 126 valence electrons. The first-order valence-electron chi connectivity index (χ1n) is 7.84. The largest absolute Gasteiger partial charge is 0.480 e. The maximum absolute atomic E-state index is 13.2. The second-order valence-corrected chi connectivity index (χ2v) is 5.82. The van der Waals surface area contributed by atoms with E-state index in [4.69, 9.17) is 9.84 Å². The highest BCUT2D eigenvalue weighted by Gasteiger charge is 2.44. The first kappa shape index (κ1) is 17.4. The standard InChI is InChI=1S/C17H22FNO4/c1-2-9-19(12-15(20)21)16(22)17(7-10-23-11-8-17)13-3-5-14(18)6-4-13/h3-6H,2,7-12H2,1H3,(H,20,21). The molecule has 23 heavy (non-hydrogen) atoms. The van der Waals surface area contributed by atoms with Gasteiger partial charge in [-0.2, -0.15) is 0 Å². The summed E-state index contributed by atoms with van der Waals surface area (Å²) in [6.45, 7) is 2.81. The van der Waals surface area contributed by atoms with Crippen molar-refractivity contribution in [2.45, 2.75) is 31.6 Å². The molecule has 1 aliphatic heterocycles. The zero-order valence-corrected chi connectivity index (χ0v) is 13.3. The molecule has 1 aromatic carbocycles. The Hall–Kier alpha value is -1.95. The van der Waals surface area contributed by atoms with Crippen LogP contribution in [0, 0.1) is 5.82 Å².